The fourth-order valence-corrected chi connectivity index (χ4v) is 6.23. The summed E-state index contributed by atoms with van der Waals surface area (Å²) in [5.41, 5.74) is 2.21. The van der Waals surface area contributed by atoms with E-state index in [9.17, 15) is 4.79 Å². The first kappa shape index (κ1) is 24.8. The van der Waals surface area contributed by atoms with E-state index >= 15 is 0 Å². The number of hydrogen-bond acceptors (Lipinski definition) is 6. The molecule has 0 bridgehead atoms. The van der Waals surface area contributed by atoms with E-state index in [1.165, 1.54) is 22.2 Å². The number of carbonyl (C=O) groups is 1. The van der Waals surface area contributed by atoms with Crippen molar-refractivity contribution in [1.82, 2.24) is 19.7 Å². The Kier molecular flexibility index (Phi) is 8.34. The molecule has 4 rings (SSSR count). The van der Waals surface area contributed by atoms with Gasteiger partial charge in [0, 0.05) is 16.7 Å². The van der Waals surface area contributed by atoms with Crippen LogP contribution in [0, 0.1) is 0 Å². The normalized spacial score (nSPS) is 16.9. The van der Waals surface area contributed by atoms with Crippen LogP contribution in [-0.2, 0) is 11.3 Å². The predicted molar refractivity (Wildman–Crippen MR) is 142 cm³/mol. The van der Waals surface area contributed by atoms with Gasteiger partial charge in [0.2, 0.25) is 5.91 Å². The van der Waals surface area contributed by atoms with Gasteiger partial charge in [-0.05, 0) is 44.6 Å². The quantitative estimate of drug-likeness (QED) is 0.393. The zero-order valence-corrected chi connectivity index (χ0v) is 22.0. The maximum absolute atomic E-state index is 13.4. The summed E-state index contributed by atoms with van der Waals surface area (Å²) < 4.78 is 2.18. The van der Waals surface area contributed by atoms with Gasteiger partial charge in [0.25, 0.3) is 0 Å². The average Bonchev–Trinajstić information content (AvgIpc) is 3.12. The molecule has 3 aromatic rings. The summed E-state index contributed by atoms with van der Waals surface area (Å²) in [6.45, 7) is 5.82. The number of thioether (sulfide) groups is 2. The van der Waals surface area contributed by atoms with Crippen molar-refractivity contribution in [2.45, 2.75) is 54.6 Å². The Balaban J connectivity index is 1.57. The van der Waals surface area contributed by atoms with Crippen LogP contribution < -0.4 is 4.90 Å². The molecule has 6 nitrogen and oxygen atoms in total. The Labute approximate surface area is 211 Å². The molecule has 1 amide bonds. The van der Waals surface area contributed by atoms with E-state index in [0.29, 0.717) is 17.5 Å². The van der Waals surface area contributed by atoms with E-state index < -0.39 is 0 Å². The van der Waals surface area contributed by atoms with Crippen molar-refractivity contribution in [2.24, 2.45) is 0 Å². The number of nitrogens with zero attached hydrogens (tertiary/aromatic N) is 5. The number of benzene rings is 2. The molecule has 0 saturated heterocycles. The van der Waals surface area contributed by atoms with Crippen LogP contribution in [0.15, 0.2) is 64.6 Å². The van der Waals surface area contributed by atoms with Gasteiger partial charge in [0.15, 0.2) is 11.0 Å². The van der Waals surface area contributed by atoms with Crippen LogP contribution in [-0.4, -0.2) is 57.2 Å². The minimum atomic E-state index is 0.114. The third kappa shape index (κ3) is 5.67. The molecule has 2 heterocycles. The standard InChI is InChI=1S/C26H33N5OS2/c1-5-21(29(3)4)25-27-28-26(31(25)17-20-11-7-6-8-12-20)33-18-24(32)30-16-15-19(2)34-23-14-10-9-13-22(23)30/h6-14,19,21H,5,15-18H2,1-4H3. The highest BCUT2D eigenvalue weighted by molar-refractivity contribution is 8.00. The van der Waals surface area contributed by atoms with Gasteiger partial charge in [-0.15, -0.1) is 22.0 Å². The monoisotopic (exact) mass is 495 g/mol. The average molecular weight is 496 g/mol. The maximum atomic E-state index is 13.4. The lowest BCUT2D eigenvalue weighted by molar-refractivity contribution is -0.116. The molecule has 0 aliphatic carbocycles. The van der Waals surface area contributed by atoms with Crippen LogP contribution >= 0.6 is 23.5 Å². The molecule has 2 aromatic carbocycles. The summed E-state index contributed by atoms with van der Waals surface area (Å²) in [5, 5.41) is 10.4. The number of rotatable bonds is 8. The highest BCUT2D eigenvalue weighted by atomic mass is 32.2. The first-order valence-electron chi connectivity index (χ1n) is 11.8. The van der Waals surface area contributed by atoms with Crippen molar-refractivity contribution in [2.75, 3.05) is 31.3 Å². The van der Waals surface area contributed by atoms with Gasteiger partial charge in [0.1, 0.15) is 0 Å². The lowest BCUT2D eigenvalue weighted by Crippen LogP contribution is -2.33. The number of amides is 1. The second kappa shape index (κ2) is 11.4. The van der Waals surface area contributed by atoms with Gasteiger partial charge in [-0.3, -0.25) is 9.69 Å². The molecule has 0 radical (unpaired) electrons. The first-order chi connectivity index (χ1) is 16.5. The van der Waals surface area contributed by atoms with Crippen LogP contribution in [0.4, 0.5) is 5.69 Å². The van der Waals surface area contributed by atoms with E-state index in [1.54, 1.807) is 0 Å². The Hall–Kier alpha value is -2.29. The summed E-state index contributed by atoms with van der Waals surface area (Å²) in [7, 11) is 4.14. The molecule has 1 aliphatic heterocycles. The fourth-order valence-electron chi connectivity index (χ4n) is 4.30. The second-order valence-electron chi connectivity index (χ2n) is 8.82. The van der Waals surface area contributed by atoms with Gasteiger partial charge in [-0.2, -0.15) is 0 Å². The van der Waals surface area contributed by atoms with E-state index in [0.717, 1.165) is 36.1 Å². The van der Waals surface area contributed by atoms with E-state index in [1.807, 2.05) is 34.9 Å². The lowest BCUT2D eigenvalue weighted by Gasteiger charge is -2.24. The largest absolute Gasteiger partial charge is 0.311 e. The number of aromatic nitrogens is 3. The van der Waals surface area contributed by atoms with Crippen molar-refractivity contribution in [3.8, 4) is 0 Å². The number of para-hydroxylation sites is 1. The summed E-state index contributed by atoms with van der Waals surface area (Å²) >= 11 is 3.34. The third-order valence-corrected chi connectivity index (χ3v) is 8.30. The van der Waals surface area contributed by atoms with Crippen molar-refractivity contribution >= 4 is 35.1 Å². The second-order valence-corrected chi connectivity index (χ2v) is 11.2. The Morgan fingerprint density at radius 1 is 1.15 bits per heavy atom. The SMILES string of the molecule is CCC(c1nnc(SCC(=O)N2CCC(C)Sc3ccccc32)n1Cc1ccccc1)N(C)C. The van der Waals surface area contributed by atoms with Crippen LogP contribution in [0.5, 0.6) is 0 Å². The Morgan fingerprint density at radius 3 is 2.62 bits per heavy atom. The summed E-state index contributed by atoms with van der Waals surface area (Å²) in [6, 6.07) is 18.8. The van der Waals surface area contributed by atoms with Crippen LogP contribution in [0.2, 0.25) is 0 Å². The fraction of sp³-hybridized carbons (Fsp3) is 0.423. The van der Waals surface area contributed by atoms with Gasteiger partial charge in [-0.1, -0.05) is 68.1 Å². The first-order valence-corrected chi connectivity index (χ1v) is 13.7. The van der Waals surface area contributed by atoms with Gasteiger partial charge < -0.3 is 9.47 Å². The molecule has 0 N–H and O–H groups in total. The molecule has 1 aromatic heterocycles. The molecule has 0 spiro atoms. The van der Waals surface area contributed by atoms with Gasteiger partial charge in [0.05, 0.1) is 24.0 Å². The molecular formula is C26H33N5OS2. The van der Waals surface area contributed by atoms with Gasteiger partial charge >= 0.3 is 0 Å². The summed E-state index contributed by atoms with van der Waals surface area (Å²) in [4.78, 5) is 18.7. The van der Waals surface area contributed by atoms with Crippen molar-refractivity contribution in [3.05, 3.63) is 66.0 Å². The lowest BCUT2D eigenvalue weighted by atomic mass is 10.2. The molecule has 2 atom stereocenters. The molecular weight excluding hydrogens is 462 g/mol. The number of hydrogen-bond donors (Lipinski definition) is 0. The Bertz CT molecular complexity index is 1100. The van der Waals surface area contributed by atoms with Crippen molar-refractivity contribution < 1.29 is 4.79 Å². The minimum Gasteiger partial charge on any atom is -0.311 e. The highest BCUT2D eigenvalue weighted by Gasteiger charge is 2.26. The summed E-state index contributed by atoms with van der Waals surface area (Å²) in [5.74, 6) is 1.39. The highest BCUT2D eigenvalue weighted by Crippen LogP contribution is 2.37. The number of carbonyl (C=O) groups excluding carboxylic acids is 1. The van der Waals surface area contributed by atoms with E-state index in [2.05, 4.69) is 84.0 Å². The molecule has 0 saturated carbocycles. The van der Waals surface area contributed by atoms with Crippen LogP contribution in [0.3, 0.4) is 0 Å². The third-order valence-electron chi connectivity index (χ3n) is 6.11. The Morgan fingerprint density at radius 2 is 1.88 bits per heavy atom. The molecule has 34 heavy (non-hydrogen) atoms. The predicted octanol–water partition coefficient (Wildman–Crippen LogP) is 5.35. The maximum Gasteiger partial charge on any atom is 0.237 e. The van der Waals surface area contributed by atoms with Crippen molar-refractivity contribution in [3.63, 3.8) is 0 Å². The molecule has 0 fully saturated rings. The van der Waals surface area contributed by atoms with Crippen LogP contribution in [0.1, 0.15) is 44.1 Å². The van der Waals surface area contributed by atoms with E-state index in [4.69, 9.17) is 0 Å². The molecule has 180 valence electrons. The smallest absolute Gasteiger partial charge is 0.237 e. The minimum absolute atomic E-state index is 0.114. The molecule has 1 aliphatic rings. The summed E-state index contributed by atoms with van der Waals surface area (Å²) in [6.07, 6.45) is 1.91. The van der Waals surface area contributed by atoms with Gasteiger partial charge in [-0.25, -0.2) is 0 Å². The number of fused-ring (bicyclic) bond motifs is 1. The van der Waals surface area contributed by atoms with Crippen molar-refractivity contribution in [1.29, 1.82) is 0 Å². The van der Waals surface area contributed by atoms with Crippen LogP contribution in [0.25, 0.3) is 0 Å². The van der Waals surface area contributed by atoms with E-state index in [-0.39, 0.29) is 11.9 Å². The molecule has 8 heteroatoms. The molecule has 2 unspecified atom stereocenters. The zero-order chi connectivity index (χ0) is 24.1. The number of anilines is 1. The zero-order valence-electron chi connectivity index (χ0n) is 20.3. The topological polar surface area (TPSA) is 54.3 Å².